The molecule has 2 aromatic heterocycles. The summed E-state index contributed by atoms with van der Waals surface area (Å²) in [6.07, 6.45) is 2.04. The average Bonchev–Trinajstić information content (AvgIpc) is 3.15. The molecule has 0 saturated carbocycles. The highest BCUT2D eigenvalue weighted by molar-refractivity contribution is 5.43. The first kappa shape index (κ1) is 11.2. The summed E-state index contributed by atoms with van der Waals surface area (Å²) < 4.78 is 5.24. The Morgan fingerprint density at radius 3 is 3.00 bits per heavy atom. The average molecular weight is 268 g/mol. The van der Waals surface area contributed by atoms with Crippen molar-refractivity contribution in [3.05, 3.63) is 41.2 Å². The number of aryl methyl sites for hydroxylation is 1. The van der Waals surface area contributed by atoms with Gasteiger partial charge in [0.1, 0.15) is 0 Å². The number of nitrogens with one attached hydrogen (secondary N) is 1. The number of fused-ring (bicyclic) bond motifs is 1. The van der Waals surface area contributed by atoms with Gasteiger partial charge in [0.15, 0.2) is 5.82 Å². The highest BCUT2D eigenvalue weighted by Crippen LogP contribution is 2.36. The van der Waals surface area contributed by atoms with Gasteiger partial charge in [-0.15, -0.1) is 5.10 Å². The van der Waals surface area contributed by atoms with Crippen LogP contribution in [-0.2, 0) is 6.42 Å². The molecule has 2 heterocycles. The lowest BCUT2D eigenvalue weighted by Crippen LogP contribution is -1.98. The van der Waals surface area contributed by atoms with E-state index in [0.29, 0.717) is 17.5 Å². The Morgan fingerprint density at radius 1 is 1.25 bits per heavy atom. The fourth-order valence-corrected chi connectivity index (χ4v) is 2.67. The van der Waals surface area contributed by atoms with Crippen molar-refractivity contribution in [2.75, 3.05) is 5.73 Å². The number of hydrogen-bond donors (Lipinski definition) is 2. The number of benzene rings is 1. The summed E-state index contributed by atoms with van der Waals surface area (Å²) in [5, 5.41) is 10.5. The molecular formula is C13H12N6O. The van der Waals surface area contributed by atoms with Gasteiger partial charge in [0.05, 0.1) is 0 Å². The van der Waals surface area contributed by atoms with E-state index >= 15 is 0 Å². The molecule has 0 radical (unpaired) electrons. The van der Waals surface area contributed by atoms with Crippen LogP contribution in [0.4, 0.5) is 5.95 Å². The Labute approximate surface area is 114 Å². The van der Waals surface area contributed by atoms with Crippen LogP contribution in [0, 0.1) is 0 Å². The van der Waals surface area contributed by atoms with E-state index in [1.807, 2.05) is 6.07 Å². The van der Waals surface area contributed by atoms with Crippen LogP contribution in [0.3, 0.4) is 0 Å². The number of aromatic nitrogens is 5. The predicted molar refractivity (Wildman–Crippen MR) is 70.7 cm³/mol. The molecule has 1 aromatic carbocycles. The maximum atomic E-state index is 5.46. The van der Waals surface area contributed by atoms with Crippen molar-refractivity contribution in [3.63, 3.8) is 0 Å². The second kappa shape index (κ2) is 4.16. The molecule has 7 heteroatoms. The molecule has 0 aliphatic heterocycles. The van der Waals surface area contributed by atoms with E-state index in [0.717, 1.165) is 12.8 Å². The van der Waals surface area contributed by atoms with Crippen LogP contribution in [0.25, 0.3) is 11.7 Å². The van der Waals surface area contributed by atoms with Gasteiger partial charge in [-0.1, -0.05) is 29.4 Å². The number of nitrogens with zero attached hydrogens (tertiary/aromatic N) is 4. The minimum Gasteiger partial charge on any atom is -0.366 e. The second-order valence-electron chi connectivity index (χ2n) is 4.79. The summed E-state index contributed by atoms with van der Waals surface area (Å²) in [7, 11) is 0. The van der Waals surface area contributed by atoms with Crippen molar-refractivity contribution >= 4 is 5.95 Å². The zero-order valence-electron chi connectivity index (χ0n) is 10.6. The first-order valence-electron chi connectivity index (χ1n) is 6.41. The summed E-state index contributed by atoms with van der Waals surface area (Å²) in [4.78, 5) is 8.39. The predicted octanol–water partition coefficient (Wildman–Crippen LogP) is 1.51. The summed E-state index contributed by atoms with van der Waals surface area (Å²) in [5.74, 6) is 1.73. The van der Waals surface area contributed by atoms with Gasteiger partial charge >= 0.3 is 0 Å². The molecule has 1 unspecified atom stereocenters. The third kappa shape index (κ3) is 1.67. The van der Waals surface area contributed by atoms with E-state index in [-0.39, 0.29) is 11.9 Å². The minimum absolute atomic E-state index is 0.158. The number of anilines is 1. The van der Waals surface area contributed by atoms with Gasteiger partial charge in [0, 0.05) is 5.92 Å². The van der Waals surface area contributed by atoms with Crippen molar-refractivity contribution in [3.8, 4) is 11.7 Å². The summed E-state index contributed by atoms with van der Waals surface area (Å²) in [6, 6.07) is 8.36. The van der Waals surface area contributed by atoms with E-state index in [4.69, 9.17) is 10.3 Å². The molecule has 0 bridgehead atoms. The quantitative estimate of drug-likeness (QED) is 0.729. The highest BCUT2D eigenvalue weighted by atomic mass is 16.5. The smallest absolute Gasteiger partial charge is 0.295 e. The number of hydrogen-bond acceptors (Lipinski definition) is 6. The normalized spacial score (nSPS) is 17.3. The van der Waals surface area contributed by atoms with E-state index in [1.54, 1.807) is 0 Å². The van der Waals surface area contributed by atoms with Crippen LogP contribution in [0.15, 0.2) is 28.8 Å². The van der Waals surface area contributed by atoms with E-state index in [9.17, 15) is 0 Å². The molecule has 1 atom stereocenters. The Bertz CT molecular complexity index is 762. The van der Waals surface area contributed by atoms with Crippen molar-refractivity contribution in [2.24, 2.45) is 0 Å². The Kier molecular flexibility index (Phi) is 2.32. The SMILES string of the molecule is Nc1n[nH]c(-c2nc(C3CCc4ccccc43)no2)n1. The topological polar surface area (TPSA) is 107 Å². The van der Waals surface area contributed by atoms with Gasteiger partial charge in [-0.2, -0.15) is 9.97 Å². The van der Waals surface area contributed by atoms with E-state index in [2.05, 4.69) is 43.5 Å². The standard InChI is InChI=1S/C13H12N6O/c14-13-16-11(17-18-13)12-15-10(19-20-12)9-6-5-7-3-1-2-4-8(7)9/h1-4,9H,5-6H2,(H3,14,16,17,18). The number of rotatable bonds is 2. The molecule has 20 heavy (non-hydrogen) atoms. The van der Waals surface area contributed by atoms with Gasteiger partial charge in [-0.05, 0) is 24.0 Å². The van der Waals surface area contributed by atoms with Gasteiger partial charge < -0.3 is 10.3 Å². The first-order valence-corrected chi connectivity index (χ1v) is 6.41. The molecule has 7 nitrogen and oxygen atoms in total. The fourth-order valence-electron chi connectivity index (χ4n) is 2.67. The zero-order chi connectivity index (χ0) is 13.5. The van der Waals surface area contributed by atoms with Crippen molar-refractivity contribution in [1.82, 2.24) is 25.3 Å². The summed E-state index contributed by atoms with van der Waals surface area (Å²) in [5.41, 5.74) is 8.09. The molecule has 3 N–H and O–H groups in total. The Morgan fingerprint density at radius 2 is 2.15 bits per heavy atom. The lowest BCUT2D eigenvalue weighted by atomic mass is 10.0. The molecule has 0 saturated heterocycles. The lowest BCUT2D eigenvalue weighted by molar-refractivity contribution is 0.416. The minimum atomic E-state index is 0.158. The van der Waals surface area contributed by atoms with Gasteiger partial charge in [-0.3, -0.25) is 5.10 Å². The van der Waals surface area contributed by atoms with E-state index < -0.39 is 0 Å². The van der Waals surface area contributed by atoms with Gasteiger partial charge in [0.2, 0.25) is 11.8 Å². The zero-order valence-corrected chi connectivity index (χ0v) is 10.6. The molecular weight excluding hydrogens is 256 g/mol. The number of H-pyrrole nitrogens is 1. The van der Waals surface area contributed by atoms with Crippen molar-refractivity contribution in [1.29, 1.82) is 0 Å². The van der Waals surface area contributed by atoms with Crippen LogP contribution >= 0.6 is 0 Å². The number of nitrogens with two attached hydrogens (primary N) is 1. The molecule has 100 valence electrons. The van der Waals surface area contributed by atoms with Gasteiger partial charge in [0.25, 0.3) is 5.89 Å². The number of aromatic amines is 1. The van der Waals surface area contributed by atoms with Crippen molar-refractivity contribution < 1.29 is 4.52 Å². The third-order valence-corrected chi connectivity index (χ3v) is 3.59. The first-order chi connectivity index (χ1) is 9.81. The summed E-state index contributed by atoms with van der Waals surface area (Å²) in [6.45, 7) is 0. The maximum absolute atomic E-state index is 5.46. The van der Waals surface area contributed by atoms with Gasteiger partial charge in [-0.25, -0.2) is 0 Å². The third-order valence-electron chi connectivity index (χ3n) is 3.59. The Balaban J connectivity index is 1.70. The lowest BCUT2D eigenvalue weighted by Gasteiger charge is -2.05. The fraction of sp³-hybridized carbons (Fsp3) is 0.231. The van der Waals surface area contributed by atoms with Crippen LogP contribution < -0.4 is 5.73 Å². The van der Waals surface area contributed by atoms with Crippen LogP contribution in [0.2, 0.25) is 0 Å². The monoisotopic (exact) mass is 268 g/mol. The maximum Gasteiger partial charge on any atom is 0.295 e. The molecule has 0 amide bonds. The van der Waals surface area contributed by atoms with E-state index in [1.165, 1.54) is 11.1 Å². The molecule has 3 aromatic rings. The molecule has 1 aliphatic carbocycles. The number of nitrogen functional groups attached to an aromatic ring is 1. The van der Waals surface area contributed by atoms with Crippen LogP contribution in [0.5, 0.6) is 0 Å². The molecule has 0 spiro atoms. The summed E-state index contributed by atoms with van der Waals surface area (Å²) >= 11 is 0. The Hall–Kier alpha value is -2.70. The van der Waals surface area contributed by atoms with Crippen LogP contribution in [-0.4, -0.2) is 25.3 Å². The molecule has 4 rings (SSSR count). The largest absolute Gasteiger partial charge is 0.366 e. The highest BCUT2D eigenvalue weighted by Gasteiger charge is 2.28. The molecule has 0 fully saturated rings. The second-order valence-corrected chi connectivity index (χ2v) is 4.79. The van der Waals surface area contributed by atoms with Crippen molar-refractivity contribution in [2.45, 2.75) is 18.8 Å². The van der Waals surface area contributed by atoms with Crippen LogP contribution in [0.1, 0.15) is 29.3 Å². The molecule has 1 aliphatic rings.